The lowest BCUT2D eigenvalue weighted by Crippen LogP contribution is -2.58. The highest BCUT2D eigenvalue weighted by atomic mass is 19.1. The topological polar surface area (TPSA) is 130 Å². The van der Waals surface area contributed by atoms with E-state index in [4.69, 9.17) is 4.74 Å². The molecule has 3 aromatic rings. The highest BCUT2D eigenvalue weighted by molar-refractivity contribution is 5.84. The summed E-state index contributed by atoms with van der Waals surface area (Å²) in [6.45, 7) is 1.99. The maximum absolute atomic E-state index is 13.6. The van der Waals surface area contributed by atoms with Gasteiger partial charge in [0.05, 0.1) is 12.8 Å². The highest BCUT2D eigenvalue weighted by Crippen LogP contribution is 2.32. The van der Waals surface area contributed by atoms with Crippen LogP contribution in [0.15, 0.2) is 54.7 Å². The molecule has 1 aliphatic rings. The molecule has 186 valence electrons. The molecule has 0 bridgehead atoms. The van der Waals surface area contributed by atoms with Gasteiger partial charge in [0.2, 0.25) is 0 Å². The summed E-state index contributed by atoms with van der Waals surface area (Å²) in [6, 6.07) is 12.5. The second-order valence-corrected chi connectivity index (χ2v) is 8.66. The normalized spacial score (nSPS) is 24.3. The summed E-state index contributed by atoms with van der Waals surface area (Å²) >= 11 is 0. The van der Waals surface area contributed by atoms with Gasteiger partial charge in [0.1, 0.15) is 42.0 Å². The van der Waals surface area contributed by atoms with Crippen molar-refractivity contribution in [3.8, 4) is 11.3 Å². The van der Waals surface area contributed by atoms with Gasteiger partial charge in [0.25, 0.3) is 0 Å². The number of ketones is 1. The van der Waals surface area contributed by atoms with Gasteiger partial charge in [-0.2, -0.15) is 0 Å². The molecule has 5 atom stereocenters. The number of nitrogens with zero attached hydrogens (tertiary/aromatic N) is 3. The average Bonchev–Trinajstić information content (AvgIpc) is 3.33. The number of hydrogen-bond donors (Lipinski definition) is 4. The number of nitrogens with one attached hydrogen (secondary N) is 1. The number of carbonyl (C=O) groups excluding carboxylic acids is 1. The van der Waals surface area contributed by atoms with Crippen molar-refractivity contribution in [2.45, 2.75) is 50.2 Å². The van der Waals surface area contributed by atoms with Crippen molar-refractivity contribution >= 4 is 11.5 Å². The Balaban J connectivity index is 1.44. The Kier molecular flexibility index (Phi) is 7.86. The maximum Gasteiger partial charge on any atom is 0.164 e. The van der Waals surface area contributed by atoms with Crippen molar-refractivity contribution in [2.24, 2.45) is 0 Å². The van der Waals surface area contributed by atoms with E-state index in [0.29, 0.717) is 24.2 Å². The van der Waals surface area contributed by atoms with Crippen LogP contribution >= 0.6 is 0 Å². The van der Waals surface area contributed by atoms with E-state index in [1.165, 1.54) is 29.1 Å². The van der Waals surface area contributed by atoms with E-state index < -0.39 is 42.9 Å². The monoisotopic (exact) mass is 484 g/mol. The number of anilines is 1. The fourth-order valence-electron chi connectivity index (χ4n) is 4.28. The van der Waals surface area contributed by atoms with Gasteiger partial charge in [-0.05, 0) is 37.1 Å². The number of aryl methyl sites for hydroxylation is 1. The third kappa shape index (κ3) is 5.57. The molecule has 1 aliphatic heterocycles. The summed E-state index contributed by atoms with van der Waals surface area (Å²) in [5, 5.41) is 42.7. The first kappa shape index (κ1) is 24.9. The van der Waals surface area contributed by atoms with Gasteiger partial charge in [0.15, 0.2) is 5.78 Å². The van der Waals surface area contributed by atoms with Gasteiger partial charge in [0, 0.05) is 24.2 Å². The molecule has 0 unspecified atom stereocenters. The van der Waals surface area contributed by atoms with Gasteiger partial charge < -0.3 is 25.4 Å². The van der Waals surface area contributed by atoms with Crippen LogP contribution in [0.25, 0.3) is 11.3 Å². The van der Waals surface area contributed by atoms with Crippen LogP contribution in [0.2, 0.25) is 0 Å². The minimum atomic E-state index is -1.42. The van der Waals surface area contributed by atoms with Gasteiger partial charge in [-0.3, -0.25) is 4.79 Å². The van der Waals surface area contributed by atoms with E-state index in [-0.39, 0.29) is 12.2 Å². The predicted octanol–water partition coefficient (Wildman–Crippen LogP) is 1.88. The van der Waals surface area contributed by atoms with Gasteiger partial charge in [-0.15, -0.1) is 5.10 Å². The first-order valence-electron chi connectivity index (χ1n) is 11.5. The summed E-state index contributed by atoms with van der Waals surface area (Å²) in [5.74, 6) is -0.781. The lowest BCUT2D eigenvalue weighted by Gasteiger charge is -2.41. The number of Topliss-reactive ketones (excluding diaryl/α,β-unsaturated/α-hetero) is 1. The Labute approximate surface area is 202 Å². The van der Waals surface area contributed by atoms with Crippen molar-refractivity contribution in [1.29, 1.82) is 0 Å². The first-order chi connectivity index (χ1) is 16.9. The number of ether oxygens (including phenoxy) is 1. The van der Waals surface area contributed by atoms with Crippen LogP contribution in [-0.4, -0.2) is 73.7 Å². The Morgan fingerprint density at radius 3 is 2.71 bits per heavy atom. The summed E-state index contributed by atoms with van der Waals surface area (Å²) < 4.78 is 20.4. The first-order valence-corrected chi connectivity index (χ1v) is 11.5. The summed E-state index contributed by atoms with van der Waals surface area (Å²) in [4.78, 5) is 12.9. The van der Waals surface area contributed by atoms with Crippen molar-refractivity contribution in [3.63, 3.8) is 0 Å². The molecule has 2 heterocycles. The van der Waals surface area contributed by atoms with Gasteiger partial charge in [-0.1, -0.05) is 35.5 Å². The van der Waals surface area contributed by atoms with Crippen LogP contribution in [0.5, 0.6) is 0 Å². The molecule has 0 spiro atoms. The molecule has 0 saturated carbocycles. The molecular weight excluding hydrogens is 455 g/mol. The molecule has 35 heavy (non-hydrogen) atoms. The zero-order valence-electron chi connectivity index (χ0n) is 19.3. The maximum atomic E-state index is 13.6. The average molecular weight is 485 g/mol. The van der Waals surface area contributed by atoms with E-state index in [0.717, 1.165) is 11.3 Å². The zero-order chi connectivity index (χ0) is 24.9. The van der Waals surface area contributed by atoms with E-state index in [9.17, 15) is 24.5 Å². The molecule has 0 aliphatic carbocycles. The zero-order valence-corrected chi connectivity index (χ0v) is 19.3. The fourth-order valence-corrected chi connectivity index (χ4v) is 4.28. The van der Waals surface area contributed by atoms with Gasteiger partial charge >= 0.3 is 0 Å². The van der Waals surface area contributed by atoms with E-state index in [2.05, 4.69) is 15.6 Å². The highest BCUT2D eigenvalue weighted by Gasteiger charge is 2.48. The molecule has 9 nitrogen and oxygen atoms in total. The largest absolute Gasteiger partial charge is 0.394 e. The number of carbonyl (C=O) groups is 1. The molecule has 1 aromatic heterocycles. The number of rotatable bonds is 9. The van der Waals surface area contributed by atoms with Crippen molar-refractivity contribution in [3.05, 3.63) is 66.1 Å². The van der Waals surface area contributed by atoms with Crippen LogP contribution in [0.1, 0.15) is 24.4 Å². The van der Waals surface area contributed by atoms with Crippen molar-refractivity contribution in [1.82, 2.24) is 15.0 Å². The number of hydrogen-bond acceptors (Lipinski definition) is 8. The molecule has 1 fully saturated rings. The molecule has 10 heteroatoms. The second kappa shape index (κ2) is 11.0. The SMILES string of the molecule is Cc1ccccc1NCCCC(=O)[C@@H]1O[C@H](CO)[C@H](O)[C@H](n2cc(-c3cccc(F)c3)nn2)[C@H]1O. The van der Waals surface area contributed by atoms with E-state index in [1.807, 2.05) is 31.2 Å². The number of benzene rings is 2. The third-order valence-corrected chi connectivity index (χ3v) is 6.21. The van der Waals surface area contributed by atoms with E-state index >= 15 is 0 Å². The minimum absolute atomic E-state index is 0.132. The van der Waals surface area contributed by atoms with Crippen LogP contribution in [-0.2, 0) is 9.53 Å². The van der Waals surface area contributed by atoms with Gasteiger partial charge in [-0.25, -0.2) is 9.07 Å². The molecule has 0 amide bonds. The number of aromatic nitrogens is 3. The quantitative estimate of drug-likeness (QED) is 0.339. The molecule has 2 aromatic carbocycles. The predicted molar refractivity (Wildman–Crippen MR) is 126 cm³/mol. The molecular formula is C25H29FN4O5. The standard InChI is InChI=1S/C25H29FN4O5/c1-15-6-2-3-9-18(15)27-11-5-10-20(32)25-24(34)22(23(33)21(14-31)35-25)30-13-19(28-29-30)16-7-4-8-17(26)12-16/h2-4,6-9,12-13,21-25,27,31,33-34H,5,10-11,14H2,1H3/t21-,22+,23+,24-,25+/m1/s1. The summed E-state index contributed by atoms with van der Waals surface area (Å²) in [5.41, 5.74) is 2.89. The lowest BCUT2D eigenvalue weighted by molar-refractivity contribution is -0.205. The van der Waals surface area contributed by atoms with Crippen molar-refractivity contribution in [2.75, 3.05) is 18.5 Å². The Hall–Kier alpha value is -3.18. The van der Waals surface area contributed by atoms with Crippen LogP contribution < -0.4 is 5.32 Å². The second-order valence-electron chi connectivity index (χ2n) is 8.66. The fraction of sp³-hybridized carbons (Fsp3) is 0.400. The molecule has 0 radical (unpaired) electrons. The lowest BCUT2D eigenvalue weighted by atomic mass is 9.89. The summed E-state index contributed by atoms with van der Waals surface area (Å²) in [7, 11) is 0. The molecule has 1 saturated heterocycles. The van der Waals surface area contributed by atoms with Crippen LogP contribution in [0.3, 0.4) is 0 Å². The Morgan fingerprint density at radius 1 is 1.17 bits per heavy atom. The number of para-hydroxylation sites is 1. The number of aliphatic hydroxyl groups is 3. The molecule has 4 N–H and O–H groups in total. The van der Waals surface area contributed by atoms with Crippen LogP contribution in [0.4, 0.5) is 10.1 Å². The molecule has 4 rings (SSSR count). The third-order valence-electron chi connectivity index (χ3n) is 6.21. The smallest absolute Gasteiger partial charge is 0.164 e. The minimum Gasteiger partial charge on any atom is -0.394 e. The number of aliphatic hydroxyl groups excluding tert-OH is 3. The number of halogens is 1. The summed E-state index contributed by atoms with van der Waals surface area (Å²) in [6.07, 6.45) is -3.02. The van der Waals surface area contributed by atoms with E-state index in [1.54, 1.807) is 6.07 Å². The Morgan fingerprint density at radius 2 is 1.97 bits per heavy atom. The Bertz CT molecular complexity index is 1160. The van der Waals surface area contributed by atoms with Crippen LogP contribution in [0, 0.1) is 12.7 Å². The van der Waals surface area contributed by atoms with Crippen molar-refractivity contribution < 1.29 is 29.2 Å².